The van der Waals surface area contributed by atoms with Crippen LogP contribution in [0.2, 0.25) is 0 Å². The first-order valence-corrected chi connectivity index (χ1v) is 7.26. The number of likely N-dealkylation sites (N-methyl/N-ethyl adjacent to an activating group) is 1. The molecular formula is C17H21N3O3. The molecule has 6 nitrogen and oxygen atoms in total. The molecule has 1 atom stereocenters. The Hall–Kier alpha value is -2.60. The molecule has 2 rings (SSSR count). The highest BCUT2D eigenvalue weighted by Gasteiger charge is 2.15. The molecule has 0 bridgehead atoms. The molecule has 1 unspecified atom stereocenters. The highest BCUT2D eigenvalue weighted by Crippen LogP contribution is 2.23. The first-order chi connectivity index (χ1) is 11.0. The summed E-state index contributed by atoms with van der Waals surface area (Å²) >= 11 is 0. The Labute approximate surface area is 135 Å². The topological polar surface area (TPSA) is 74.7 Å². The predicted octanol–water partition coefficient (Wildman–Crippen LogP) is 2.50. The van der Waals surface area contributed by atoms with E-state index in [1.54, 1.807) is 19.2 Å². The summed E-state index contributed by atoms with van der Waals surface area (Å²) in [5, 5.41) is 12.2. The van der Waals surface area contributed by atoms with Crippen molar-refractivity contribution in [3.63, 3.8) is 0 Å². The average molecular weight is 315 g/mol. The van der Waals surface area contributed by atoms with Crippen molar-refractivity contribution in [2.75, 3.05) is 33.1 Å². The van der Waals surface area contributed by atoms with E-state index < -0.39 is 5.97 Å². The van der Waals surface area contributed by atoms with Gasteiger partial charge in [0.05, 0.1) is 13.2 Å². The number of anilines is 1. The van der Waals surface area contributed by atoms with Crippen LogP contribution >= 0.6 is 0 Å². The van der Waals surface area contributed by atoms with E-state index in [9.17, 15) is 4.79 Å². The maximum atomic E-state index is 11.0. The fraction of sp³-hybridized carbons (Fsp3) is 0.294. The maximum absolute atomic E-state index is 11.0. The van der Waals surface area contributed by atoms with Gasteiger partial charge < -0.3 is 20.1 Å². The highest BCUT2D eigenvalue weighted by molar-refractivity contribution is 5.85. The van der Waals surface area contributed by atoms with E-state index >= 15 is 0 Å². The highest BCUT2D eigenvalue weighted by atomic mass is 16.5. The van der Waals surface area contributed by atoms with E-state index in [1.807, 2.05) is 38.4 Å². The number of benzene rings is 1. The number of nitrogens with zero attached hydrogens (tertiary/aromatic N) is 2. The van der Waals surface area contributed by atoms with Gasteiger partial charge >= 0.3 is 5.97 Å². The third kappa shape index (κ3) is 4.43. The lowest BCUT2D eigenvalue weighted by atomic mass is 10.1. The average Bonchev–Trinajstić information content (AvgIpc) is 2.55. The molecule has 0 fully saturated rings. The van der Waals surface area contributed by atoms with Crippen LogP contribution in [-0.4, -0.2) is 48.7 Å². The molecule has 0 spiro atoms. The minimum Gasteiger partial charge on any atom is -0.497 e. The summed E-state index contributed by atoms with van der Waals surface area (Å²) in [6, 6.07) is 12.9. The van der Waals surface area contributed by atoms with Crippen molar-refractivity contribution in [2.45, 2.75) is 6.04 Å². The van der Waals surface area contributed by atoms with Gasteiger partial charge in [0.25, 0.3) is 0 Å². The lowest BCUT2D eigenvalue weighted by Crippen LogP contribution is -2.27. The minimum absolute atomic E-state index is 0.0257. The molecule has 1 aromatic heterocycles. The standard InChI is InChI=1S/C17H21N3O3/c1-20(2)15(12-6-4-7-13(10-12)23-3)11-18-16-9-5-8-14(19-16)17(21)22/h4-10,15H,11H2,1-3H3,(H,18,19)(H,21,22). The van der Waals surface area contributed by atoms with Gasteiger partial charge in [-0.15, -0.1) is 0 Å². The summed E-state index contributed by atoms with van der Waals surface area (Å²) in [5.74, 6) is 0.311. The number of hydrogen-bond donors (Lipinski definition) is 2. The predicted molar refractivity (Wildman–Crippen MR) is 89.1 cm³/mol. The Kier molecular flexibility index (Phi) is 5.54. The van der Waals surface area contributed by atoms with Gasteiger partial charge in [-0.05, 0) is 43.9 Å². The largest absolute Gasteiger partial charge is 0.497 e. The summed E-state index contributed by atoms with van der Waals surface area (Å²) in [7, 11) is 5.63. The lowest BCUT2D eigenvalue weighted by molar-refractivity contribution is 0.0690. The number of ether oxygens (including phenoxy) is 1. The first-order valence-electron chi connectivity index (χ1n) is 7.26. The van der Waals surface area contributed by atoms with Crippen LogP contribution in [0, 0.1) is 0 Å². The number of carboxylic acid groups (broad SMARTS) is 1. The van der Waals surface area contributed by atoms with Crippen molar-refractivity contribution < 1.29 is 14.6 Å². The summed E-state index contributed by atoms with van der Waals surface area (Å²) in [6.45, 7) is 0.593. The normalized spacial score (nSPS) is 12.0. The number of carbonyl (C=O) groups is 1. The zero-order valence-electron chi connectivity index (χ0n) is 13.5. The Morgan fingerprint density at radius 1 is 1.30 bits per heavy atom. The Bertz CT molecular complexity index is 674. The summed E-state index contributed by atoms with van der Waals surface area (Å²) in [6.07, 6.45) is 0. The number of rotatable bonds is 7. The number of pyridine rings is 1. The Morgan fingerprint density at radius 2 is 2.04 bits per heavy atom. The Balaban J connectivity index is 2.14. The molecule has 2 aromatic rings. The molecule has 0 amide bonds. The van der Waals surface area contributed by atoms with Gasteiger partial charge in [-0.1, -0.05) is 18.2 Å². The van der Waals surface area contributed by atoms with E-state index in [0.717, 1.165) is 11.3 Å². The van der Waals surface area contributed by atoms with Crippen LogP contribution in [-0.2, 0) is 0 Å². The van der Waals surface area contributed by atoms with Crippen LogP contribution in [0.3, 0.4) is 0 Å². The molecule has 1 heterocycles. The fourth-order valence-corrected chi connectivity index (χ4v) is 2.30. The van der Waals surface area contributed by atoms with E-state index in [-0.39, 0.29) is 11.7 Å². The van der Waals surface area contributed by atoms with E-state index in [0.29, 0.717) is 12.4 Å². The van der Waals surface area contributed by atoms with Gasteiger partial charge in [0.1, 0.15) is 11.6 Å². The molecule has 0 aliphatic rings. The van der Waals surface area contributed by atoms with Crippen molar-refractivity contribution in [1.82, 2.24) is 9.88 Å². The van der Waals surface area contributed by atoms with E-state index in [4.69, 9.17) is 9.84 Å². The molecule has 0 saturated heterocycles. The zero-order valence-corrected chi connectivity index (χ0v) is 13.5. The van der Waals surface area contributed by atoms with Crippen LogP contribution in [0.4, 0.5) is 5.82 Å². The molecular weight excluding hydrogens is 294 g/mol. The second-order valence-corrected chi connectivity index (χ2v) is 5.35. The van der Waals surface area contributed by atoms with E-state index in [2.05, 4.69) is 15.2 Å². The van der Waals surface area contributed by atoms with Gasteiger partial charge in [-0.2, -0.15) is 0 Å². The van der Waals surface area contributed by atoms with Crippen molar-refractivity contribution in [1.29, 1.82) is 0 Å². The van der Waals surface area contributed by atoms with Crippen molar-refractivity contribution in [3.05, 3.63) is 53.7 Å². The quantitative estimate of drug-likeness (QED) is 0.818. The van der Waals surface area contributed by atoms with Gasteiger partial charge in [-0.3, -0.25) is 0 Å². The number of hydrogen-bond acceptors (Lipinski definition) is 5. The Morgan fingerprint density at radius 3 is 2.70 bits per heavy atom. The molecule has 2 N–H and O–H groups in total. The van der Waals surface area contributed by atoms with Crippen LogP contribution in [0.15, 0.2) is 42.5 Å². The van der Waals surface area contributed by atoms with Crippen LogP contribution in [0.1, 0.15) is 22.1 Å². The number of carboxylic acids is 1. The number of methoxy groups -OCH3 is 1. The van der Waals surface area contributed by atoms with Crippen LogP contribution in [0.5, 0.6) is 5.75 Å². The van der Waals surface area contributed by atoms with Crippen LogP contribution in [0.25, 0.3) is 0 Å². The second-order valence-electron chi connectivity index (χ2n) is 5.35. The summed E-state index contributed by atoms with van der Waals surface area (Å²) in [4.78, 5) is 17.1. The lowest BCUT2D eigenvalue weighted by Gasteiger charge is -2.25. The van der Waals surface area contributed by atoms with Crippen LogP contribution < -0.4 is 10.1 Å². The smallest absolute Gasteiger partial charge is 0.354 e. The SMILES string of the molecule is COc1cccc(C(CNc2cccc(C(=O)O)n2)N(C)C)c1. The van der Waals surface area contributed by atoms with Crippen molar-refractivity contribution in [2.24, 2.45) is 0 Å². The number of nitrogens with one attached hydrogen (secondary N) is 1. The molecule has 0 radical (unpaired) electrons. The molecule has 0 aliphatic carbocycles. The monoisotopic (exact) mass is 315 g/mol. The third-order valence-electron chi connectivity index (χ3n) is 3.55. The molecule has 122 valence electrons. The third-order valence-corrected chi connectivity index (χ3v) is 3.55. The van der Waals surface area contributed by atoms with Crippen molar-refractivity contribution >= 4 is 11.8 Å². The van der Waals surface area contributed by atoms with E-state index in [1.165, 1.54) is 6.07 Å². The maximum Gasteiger partial charge on any atom is 0.354 e. The van der Waals surface area contributed by atoms with Gasteiger partial charge in [0, 0.05) is 6.54 Å². The first kappa shape index (κ1) is 16.8. The molecule has 6 heteroatoms. The van der Waals surface area contributed by atoms with Gasteiger partial charge in [0.15, 0.2) is 5.69 Å². The summed E-state index contributed by atoms with van der Waals surface area (Å²) < 4.78 is 5.27. The summed E-state index contributed by atoms with van der Waals surface area (Å²) in [5.41, 5.74) is 1.13. The number of aromatic nitrogens is 1. The van der Waals surface area contributed by atoms with Gasteiger partial charge in [0.2, 0.25) is 0 Å². The second kappa shape index (κ2) is 7.60. The molecule has 1 aromatic carbocycles. The zero-order chi connectivity index (χ0) is 16.8. The minimum atomic E-state index is -1.04. The van der Waals surface area contributed by atoms with Gasteiger partial charge in [-0.25, -0.2) is 9.78 Å². The van der Waals surface area contributed by atoms with Crippen molar-refractivity contribution in [3.8, 4) is 5.75 Å². The molecule has 0 saturated carbocycles. The number of aromatic carboxylic acids is 1. The molecule has 0 aliphatic heterocycles. The fourth-order valence-electron chi connectivity index (χ4n) is 2.30. The molecule has 23 heavy (non-hydrogen) atoms.